The molecule has 4 nitrogen and oxygen atoms in total. The molecule has 0 aliphatic carbocycles. The summed E-state index contributed by atoms with van der Waals surface area (Å²) in [5.41, 5.74) is -0.286. The molecule has 0 spiro atoms. The van der Waals surface area contributed by atoms with Crippen LogP contribution in [0, 0.1) is 5.92 Å². The maximum Gasteiger partial charge on any atom is 0.314 e. The topological polar surface area (TPSA) is 44.8 Å². The number of carbonyl (C=O) groups excluding carboxylic acids is 1. The van der Waals surface area contributed by atoms with E-state index < -0.39 is 0 Å². The molecule has 2 heterocycles. The Morgan fingerprint density at radius 2 is 2.19 bits per heavy atom. The minimum absolute atomic E-state index is 0.0138. The van der Waals surface area contributed by atoms with Crippen LogP contribution in [-0.2, 0) is 19.0 Å². The van der Waals surface area contributed by atoms with E-state index in [1.54, 1.807) is 0 Å². The quantitative estimate of drug-likeness (QED) is 0.417. The highest BCUT2D eigenvalue weighted by atomic mass is 16.7. The van der Waals surface area contributed by atoms with Gasteiger partial charge in [-0.25, -0.2) is 0 Å². The Bertz CT molecular complexity index is 303. The Balaban J connectivity index is 1.75. The van der Waals surface area contributed by atoms with Crippen LogP contribution in [0.1, 0.15) is 27.2 Å². The molecule has 2 aliphatic heterocycles. The van der Waals surface area contributed by atoms with Crippen molar-refractivity contribution in [3.8, 4) is 0 Å². The predicted octanol–water partition coefficient (Wildman–Crippen LogP) is 1.65. The zero-order chi connectivity index (χ0) is 11.8. The molecule has 2 rings (SSSR count). The van der Waals surface area contributed by atoms with Crippen molar-refractivity contribution < 1.29 is 19.0 Å². The highest BCUT2D eigenvalue weighted by Gasteiger charge is 2.42. The van der Waals surface area contributed by atoms with Gasteiger partial charge in [-0.05, 0) is 27.2 Å². The normalized spacial score (nSPS) is 32.1. The number of fused-ring (bicyclic) bond motifs is 2. The van der Waals surface area contributed by atoms with E-state index in [1.165, 1.54) is 0 Å². The third-order valence-electron chi connectivity index (χ3n) is 2.73. The fourth-order valence-corrected chi connectivity index (χ4v) is 1.88. The monoisotopic (exact) mass is 226 g/mol. The molecule has 3 unspecified atom stereocenters. The third-order valence-corrected chi connectivity index (χ3v) is 2.73. The van der Waals surface area contributed by atoms with Crippen molar-refractivity contribution in [1.82, 2.24) is 0 Å². The summed E-state index contributed by atoms with van der Waals surface area (Å²) in [4.78, 5) is 11.7. The van der Waals surface area contributed by atoms with Crippen molar-refractivity contribution >= 4 is 5.97 Å². The molecule has 0 amide bonds. The van der Waals surface area contributed by atoms with Crippen LogP contribution in [0.4, 0.5) is 0 Å². The van der Waals surface area contributed by atoms with Crippen molar-refractivity contribution in [3.63, 3.8) is 0 Å². The van der Waals surface area contributed by atoms with Gasteiger partial charge in [0, 0.05) is 0 Å². The summed E-state index contributed by atoms with van der Waals surface area (Å²) in [6.07, 6.45) is 4.68. The first-order valence-corrected chi connectivity index (χ1v) is 5.60. The largest absolute Gasteiger partial charge is 0.438 e. The van der Waals surface area contributed by atoms with Crippen molar-refractivity contribution in [1.29, 1.82) is 0 Å². The minimum atomic E-state index is -0.286. The molecule has 4 heteroatoms. The van der Waals surface area contributed by atoms with E-state index >= 15 is 0 Å². The summed E-state index contributed by atoms with van der Waals surface area (Å²) in [5.74, 6) is -0.375. The molecule has 0 N–H and O–H groups in total. The average molecular weight is 226 g/mol. The SMILES string of the molecule is CC(C)(C)OCOC(=O)C1CC2C=CC1O2. The zero-order valence-electron chi connectivity index (χ0n) is 9.93. The fourth-order valence-electron chi connectivity index (χ4n) is 1.88. The van der Waals surface area contributed by atoms with E-state index in [1.807, 2.05) is 32.9 Å². The number of carbonyl (C=O) groups is 1. The Morgan fingerprint density at radius 3 is 2.69 bits per heavy atom. The van der Waals surface area contributed by atoms with Gasteiger partial charge in [0.1, 0.15) is 0 Å². The van der Waals surface area contributed by atoms with Gasteiger partial charge < -0.3 is 14.2 Å². The second-order valence-electron chi connectivity index (χ2n) is 5.20. The molecular weight excluding hydrogens is 208 g/mol. The molecule has 0 aromatic carbocycles. The van der Waals surface area contributed by atoms with Gasteiger partial charge in [0.05, 0.1) is 23.7 Å². The van der Waals surface area contributed by atoms with Crippen LogP contribution < -0.4 is 0 Å². The molecule has 90 valence electrons. The van der Waals surface area contributed by atoms with Gasteiger partial charge in [-0.1, -0.05) is 12.2 Å². The maximum atomic E-state index is 11.7. The summed E-state index contributed by atoms with van der Waals surface area (Å²) < 4.78 is 15.9. The van der Waals surface area contributed by atoms with Gasteiger partial charge in [-0.2, -0.15) is 0 Å². The second-order valence-corrected chi connectivity index (χ2v) is 5.20. The molecular formula is C12H18O4. The lowest BCUT2D eigenvalue weighted by Crippen LogP contribution is -2.28. The number of esters is 1. The highest BCUT2D eigenvalue weighted by Crippen LogP contribution is 2.34. The molecule has 1 fully saturated rings. The number of rotatable bonds is 3. The van der Waals surface area contributed by atoms with Crippen LogP contribution in [0.2, 0.25) is 0 Å². The first-order chi connectivity index (χ1) is 7.46. The van der Waals surface area contributed by atoms with E-state index in [4.69, 9.17) is 14.2 Å². The maximum absolute atomic E-state index is 11.7. The fraction of sp³-hybridized carbons (Fsp3) is 0.750. The molecule has 16 heavy (non-hydrogen) atoms. The molecule has 2 bridgehead atoms. The number of hydrogen-bond acceptors (Lipinski definition) is 4. The molecule has 1 saturated heterocycles. The van der Waals surface area contributed by atoms with Gasteiger partial charge in [0.15, 0.2) is 6.79 Å². The third kappa shape index (κ3) is 2.62. The van der Waals surface area contributed by atoms with E-state index in [2.05, 4.69) is 0 Å². The number of hydrogen-bond donors (Lipinski definition) is 0. The average Bonchev–Trinajstić information content (AvgIpc) is 2.76. The molecule has 0 aromatic heterocycles. The van der Waals surface area contributed by atoms with Crippen molar-refractivity contribution in [3.05, 3.63) is 12.2 Å². The van der Waals surface area contributed by atoms with Crippen molar-refractivity contribution in [2.24, 2.45) is 5.92 Å². The Hall–Kier alpha value is -0.870. The second kappa shape index (κ2) is 4.18. The zero-order valence-corrected chi connectivity index (χ0v) is 9.93. The standard InChI is InChI=1S/C12H18O4/c1-12(2,3)15-7-14-11(13)9-6-8-4-5-10(9)16-8/h4-5,8-10H,6-7H2,1-3H3. The van der Waals surface area contributed by atoms with Crippen molar-refractivity contribution in [2.75, 3.05) is 6.79 Å². The highest BCUT2D eigenvalue weighted by molar-refractivity contribution is 5.74. The van der Waals surface area contributed by atoms with Crippen LogP contribution in [0.5, 0.6) is 0 Å². The van der Waals surface area contributed by atoms with Gasteiger partial charge in [-0.3, -0.25) is 4.79 Å². The molecule has 2 aliphatic rings. The van der Waals surface area contributed by atoms with Gasteiger partial charge in [0.2, 0.25) is 0 Å². The molecule has 0 radical (unpaired) electrons. The van der Waals surface area contributed by atoms with Crippen LogP contribution in [0.25, 0.3) is 0 Å². The summed E-state index contributed by atoms with van der Waals surface area (Å²) in [6.45, 7) is 5.78. The smallest absolute Gasteiger partial charge is 0.314 e. The number of ether oxygens (including phenoxy) is 3. The first-order valence-electron chi connectivity index (χ1n) is 5.60. The van der Waals surface area contributed by atoms with Crippen molar-refractivity contribution in [2.45, 2.75) is 45.0 Å². The lowest BCUT2D eigenvalue weighted by Gasteiger charge is -2.20. The molecule has 0 aromatic rings. The summed E-state index contributed by atoms with van der Waals surface area (Å²) in [5, 5.41) is 0. The van der Waals surface area contributed by atoms with E-state index in [-0.39, 0.29) is 36.5 Å². The molecule has 3 atom stereocenters. The lowest BCUT2D eigenvalue weighted by atomic mass is 9.95. The van der Waals surface area contributed by atoms with Gasteiger partial charge in [-0.15, -0.1) is 0 Å². The summed E-state index contributed by atoms with van der Waals surface area (Å²) in [7, 11) is 0. The van der Waals surface area contributed by atoms with Gasteiger partial charge >= 0.3 is 5.97 Å². The molecule has 0 saturated carbocycles. The lowest BCUT2D eigenvalue weighted by molar-refractivity contribution is -0.172. The Labute approximate surface area is 95.6 Å². The first kappa shape index (κ1) is 11.6. The minimum Gasteiger partial charge on any atom is -0.438 e. The summed E-state index contributed by atoms with van der Waals surface area (Å²) in [6, 6.07) is 0. The predicted molar refractivity (Wildman–Crippen MR) is 57.7 cm³/mol. The summed E-state index contributed by atoms with van der Waals surface area (Å²) >= 11 is 0. The van der Waals surface area contributed by atoms with E-state index in [9.17, 15) is 4.79 Å². The van der Waals surface area contributed by atoms with E-state index in [0.29, 0.717) is 0 Å². The van der Waals surface area contributed by atoms with E-state index in [0.717, 1.165) is 6.42 Å². The Morgan fingerprint density at radius 1 is 1.44 bits per heavy atom. The van der Waals surface area contributed by atoms with Crippen LogP contribution in [0.3, 0.4) is 0 Å². The van der Waals surface area contributed by atoms with Crippen LogP contribution >= 0.6 is 0 Å². The van der Waals surface area contributed by atoms with Crippen LogP contribution in [0.15, 0.2) is 12.2 Å². The van der Waals surface area contributed by atoms with Gasteiger partial charge in [0.25, 0.3) is 0 Å². The Kier molecular flexibility index (Phi) is 3.04. The van der Waals surface area contributed by atoms with Crippen LogP contribution in [-0.4, -0.2) is 30.6 Å².